The van der Waals surface area contributed by atoms with Crippen molar-refractivity contribution in [1.82, 2.24) is 9.88 Å². The fourth-order valence-corrected chi connectivity index (χ4v) is 2.84. The largest absolute Gasteiger partial charge is 0.315 e. The van der Waals surface area contributed by atoms with Crippen LogP contribution in [0.15, 0.2) is 29.1 Å². The second-order valence-corrected chi connectivity index (χ2v) is 4.78. The molecule has 3 rings (SSSR count). The van der Waals surface area contributed by atoms with E-state index in [-0.39, 0.29) is 11.6 Å². The summed E-state index contributed by atoms with van der Waals surface area (Å²) in [6, 6.07) is 8.59. The maximum absolute atomic E-state index is 12.4. The van der Waals surface area contributed by atoms with Crippen LogP contribution >= 0.6 is 0 Å². The molecule has 0 aliphatic carbocycles. The smallest absolute Gasteiger partial charge is 0.255 e. The zero-order valence-corrected chi connectivity index (χ0v) is 10.2. The van der Waals surface area contributed by atoms with E-state index in [2.05, 4.69) is 30.4 Å². The molecule has 3 nitrogen and oxygen atoms in total. The van der Waals surface area contributed by atoms with Crippen molar-refractivity contribution in [2.45, 2.75) is 25.9 Å². The van der Waals surface area contributed by atoms with Crippen LogP contribution in [-0.2, 0) is 13.0 Å². The zero-order chi connectivity index (χ0) is 12.0. The monoisotopic (exact) mass is 228 g/mol. The highest BCUT2D eigenvalue weighted by Gasteiger charge is 2.22. The van der Waals surface area contributed by atoms with Gasteiger partial charge in [0.05, 0.1) is 5.52 Å². The van der Waals surface area contributed by atoms with Crippen molar-refractivity contribution in [3.05, 3.63) is 45.7 Å². The fraction of sp³-hybridized carbons (Fsp3) is 0.357. The maximum atomic E-state index is 12.4. The Morgan fingerprint density at radius 1 is 1.47 bits per heavy atom. The fourth-order valence-electron chi connectivity index (χ4n) is 2.84. The van der Waals surface area contributed by atoms with Crippen LogP contribution in [0, 0.1) is 0 Å². The van der Waals surface area contributed by atoms with Crippen molar-refractivity contribution in [2.24, 2.45) is 0 Å². The Balaban J connectivity index is 2.40. The molecular formula is C14H16N2O. The summed E-state index contributed by atoms with van der Waals surface area (Å²) < 4.78 is 1.96. The maximum Gasteiger partial charge on any atom is 0.255 e. The minimum Gasteiger partial charge on any atom is -0.315 e. The van der Waals surface area contributed by atoms with Crippen molar-refractivity contribution in [3.8, 4) is 0 Å². The molecule has 17 heavy (non-hydrogen) atoms. The highest BCUT2D eigenvalue weighted by Crippen LogP contribution is 2.30. The Morgan fingerprint density at radius 3 is 3.06 bits per heavy atom. The van der Waals surface area contributed by atoms with Gasteiger partial charge in [0, 0.05) is 18.2 Å². The molecule has 0 amide bonds. The van der Waals surface area contributed by atoms with Gasteiger partial charge in [-0.25, -0.2) is 0 Å². The van der Waals surface area contributed by atoms with Crippen molar-refractivity contribution in [2.75, 3.05) is 7.05 Å². The summed E-state index contributed by atoms with van der Waals surface area (Å²) in [4.78, 5) is 12.4. The van der Waals surface area contributed by atoms with Crippen molar-refractivity contribution in [1.29, 1.82) is 0 Å². The Hall–Kier alpha value is -1.61. The molecule has 1 atom stereocenters. The van der Waals surface area contributed by atoms with E-state index < -0.39 is 0 Å². The van der Waals surface area contributed by atoms with Gasteiger partial charge in [-0.2, -0.15) is 0 Å². The normalized spacial score (nSPS) is 17.9. The van der Waals surface area contributed by atoms with Gasteiger partial charge in [0.1, 0.15) is 0 Å². The van der Waals surface area contributed by atoms with Crippen LogP contribution in [0.25, 0.3) is 10.9 Å². The van der Waals surface area contributed by atoms with E-state index in [0.29, 0.717) is 6.54 Å². The number of hydrogen-bond acceptors (Lipinski definition) is 2. The standard InChI is InChI=1S/C14H16N2O/c1-9-6-10-4-3-5-11-7-12(8-15-2)14(17)16(9)13(10)11/h3-5,7,9,15H,6,8H2,1-2H3/t9-/m0/s1. The Labute approximate surface area is 100 Å². The Kier molecular flexibility index (Phi) is 2.30. The van der Waals surface area contributed by atoms with Gasteiger partial charge < -0.3 is 9.88 Å². The van der Waals surface area contributed by atoms with Gasteiger partial charge in [-0.1, -0.05) is 18.2 Å². The molecular weight excluding hydrogens is 212 g/mol. The lowest BCUT2D eigenvalue weighted by molar-refractivity contribution is 0.573. The van der Waals surface area contributed by atoms with Crippen LogP contribution in [-0.4, -0.2) is 11.6 Å². The van der Waals surface area contributed by atoms with Gasteiger partial charge in [0.2, 0.25) is 0 Å². The summed E-state index contributed by atoms with van der Waals surface area (Å²) in [6.45, 7) is 2.75. The van der Waals surface area contributed by atoms with E-state index in [9.17, 15) is 4.79 Å². The molecule has 2 aromatic rings. The van der Waals surface area contributed by atoms with Gasteiger partial charge in [-0.05, 0) is 37.4 Å². The third-order valence-corrected chi connectivity index (χ3v) is 3.54. The summed E-state index contributed by atoms with van der Waals surface area (Å²) >= 11 is 0. The van der Waals surface area contributed by atoms with Crippen LogP contribution in [0.5, 0.6) is 0 Å². The van der Waals surface area contributed by atoms with Gasteiger partial charge >= 0.3 is 0 Å². The van der Waals surface area contributed by atoms with Crippen LogP contribution in [0.1, 0.15) is 24.1 Å². The van der Waals surface area contributed by atoms with E-state index in [1.54, 1.807) is 0 Å². The second-order valence-electron chi connectivity index (χ2n) is 4.78. The van der Waals surface area contributed by atoms with Gasteiger partial charge in [-0.3, -0.25) is 4.79 Å². The van der Waals surface area contributed by atoms with Gasteiger partial charge in [0.15, 0.2) is 0 Å². The molecule has 88 valence electrons. The second kappa shape index (κ2) is 3.70. The summed E-state index contributed by atoms with van der Waals surface area (Å²) in [5.74, 6) is 0. The molecule has 1 aromatic carbocycles. The van der Waals surface area contributed by atoms with E-state index in [1.165, 1.54) is 10.9 Å². The summed E-state index contributed by atoms with van der Waals surface area (Å²) in [5, 5.41) is 4.24. The number of pyridine rings is 1. The van der Waals surface area contributed by atoms with Crippen LogP contribution in [0.2, 0.25) is 0 Å². The molecule has 0 unspecified atom stereocenters. The molecule has 0 saturated heterocycles. The quantitative estimate of drug-likeness (QED) is 0.851. The predicted octanol–water partition coefficient (Wildman–Crippen LogP) is 1.84. The minimum atomic E-state index is 0.157. The molecule has 1 N–H and O–H groups in total. The number of benzene rings is 1. The highest BCUT2D eigenvalue weighted by molar-refractivity contribution is 5.84. The highest BCUT2D eigenvalue weighted by atomic mass is 16.1. The molecule has 0 fully saturated rings. The first kappa shape index (κ1) is 10.5. The Bertz CT molecular complexity index is 642. The van der Waals surface area contributed by atoms with E-state index in [0.717, 1.165) is 17.5 Å². The summed E-state index contributed by atoms with van der Waals surface area (Å²) in [7, 11) is 1.87. The lowest BCUT2D eigenvalue weighted by atomic mass is 10.1. The van der Waals surface area contributed by atoms with Crippen LogP contribution in [0.3, 0.4) is 0 Å². The first-order valence-electron chi connectivity index (χ1n) is 6.03. The number of hydrogen-bond donors (Lipinski definition) is 1. The van der Waals surface area contributed by atoms with E-state index in [1.807, 2.05) is 17.7 Å². The Morgan fingerprint density at radius 2 is 2.29 bits per heavy atom. The minimum absolute atomic E-state index is 0.157. The predicted molar refractivity (Wildman–Crippen MR) is 69.4 cm³/mol. The van der Waals surface area contributed by atoms with Crippen LogP contribution < -0.4 is 10.9 Å². The lowest BCUT2D eigenvalue weighted by Gasteiger charge is -2.11. The molecule has 1 aromatic heterocycles. The molecule has 3 heteroatoms. The molecule has 0 bridgehead atoms. The number of rotatable bonds is 2. The van der Waals surface area contributed by atoms with E-state index >= 15 is 0 Å². The topological polar surface area (TPSA) is 34.0 Å². The zero-order valence-electron chi connectivity index (χ0n) is 10.2. The van der Waals surface area contributed by atoms with E-state index in [4.69, 9.17) is 0 Å². The molecule has 1 aliphatic rings. The number of nitrogens with one attached hydrogen (secondary N) is 1. The van der Waals surface area contributed by atoms with Crippen molar-refractivity contribution in [3.63, 3.8) is 0 Å². The molecule has 1 aliphatic heterocycles. The first-order chi connectivity index (χ1) is 8.22. The third-order valence-electron chi connectivity index (χ3n) is 3.54. The number of aromatic nitrogens is 1. The van der Waals surface area contributed by atoms with Crippen molar-refractivity contribution >= 4 is 10.9 Å². The SMILES string of the molecule is CNCc1cc2cccc3c2n(c1=O)[C@@H](C)C3. The van der Waals surface area contributed by atoms with Gasteiger partial charge in [0.25, 0.3) is 5.56 Å². The summed E-state index contributed by atoms with van der Waals surface area (Å²) in [6.07, 6.45) is 0.968. The van der Waals surface area contributed by atoms with Gasteiger partial charge in [-0.15, -0.1) is 0 Å². The average Bonchev–Trinajstić information content (AvgIpc) is 2.64. The molecule has 2 heterocycles. The lowest BCUT2D eigenvalue weighted by Crippen LogP contribution is -2.26. The van der Waals surface area contributed by atoms with Crippen LogP contribution in [0.4, 0.5) is 0 Å². The average molecular weight is 228 g/mol. The molecule has 0 radical (unpaired) electrons. The summed E-state index contributed by atoms with van der Waals surface area (Å²) in [5.41, 5.74) is 3.43. The number of nitrogens with zero attached hydrogens (tertiary/aromatic N) is 1. The number of para-hydroxylation sites is 1. The molecule has 0 spiro atoms. The third kappa shape index (κ3) is 1.42. The first-order valence-corrected chi connectivity index (χ1v) is 6.03. The molecule has 0 saturated carbocycles. The van der Waals surface area contributed by atoms with Crippen molar-refractivity contribution < 1.29 is 0 Å².